The van der Waals surface area contributed by atoms with E-state index in [0.29, 0.717) is 11.5 Å². The van der Waals surface area contributed by atoms with Gasteiger partial charge in [0.2, 0.25) is 0 Å². The number of hydrogen-bond acceptors (Lipinski definition) is 5. The van der Waals surface area contributed by atoms with Crippen molar-refractivity contribution in [3.8, 4) is 17.2 Å². The van der Waals surface area contributed by atoms with Gasteiger partial charge in [-0.25, -0.2) is 0 Å². The first-order valence-electron chi connectivity index (χ1n) is 8.91. The number of carbonyl (C=O) groups excluding carboxylic acids is 1. The summed E-state index contributed by atoms with van der Waals surface area (Å²) in [5.41, 5.74) is 1.38. The molecule has 29 heavy (non-hydrogen) atoms. The van der Waals surface area contributed by atoms with E-state index < -0.39 is 10.8 Å². The number of benzene rings is 3. The minimum Gasteiger partial charge on any atom is -0.497 e. The van der Waals surface area contributed by atoms with Crippen LogP contribution in [0.5, 0.6) is 17.2 Å². The van der Waals surface area contributed by atoms with Crippen LogP contribution in [0.4, 0.5) is 5.69 Å². The highest BCUT2D eigenvalue weighted by molar-refractivity contribution is 5.98. The van der Waals surface area contributed by atoms with Gasteiger partial charge < -0.3 is 14.8 Å². The number of rotatable bonds is 7. The third kappa shape index (κ3) is 4.70. The second-order valence-electron chi connectivity index (χ2n) is 6.30. The highest BCUT2D eigenvalue weighted by Gasteiger charge is 2.21. The fourth-order valence-electron chi connectivity index (χ4n) is 2.79. The van der Waals surface area contributed by atoms with Crippen LogP contribution in [0.3, 0.4) is 0 Å². The van der Waals surface area contributed by atoms with Crippen molar-refractivity contribution in [2.24, 2.45) is 0 Å². The van der Waals surface area contributed by atoms with Gasteiger partial charge in [-0.05, 0) is 36.8 Å². The first kappa shape index (κ1) is 19.9. The number of aryl methyl sites for hydroxylation is 1. The van der Waals surface area contributed by atoms with Crippen molar-refractivity contribution in [2.75, 3.05) is 7.11 Å². The summed E-state index contributed by atoms with van der Waals surface area (Å²) < 4.78 is 11.1. The predicted molar refractivity (Wildman–Crippen MR) is 109 cm³/mol. The molecule has 0 aliphatic carbocycles. The van der Waals surface area contributed by atoms with E-state index in [2.05, 4.69) is 5.32 Å². The van der Waals surface area contributed by atoms with Crippen molar-refractivity contribution in [2.45, 2.75) is 13.5 Å². The van der Waals surface area contributed by atoms with Gasteiger partial charge in [0.1, 0.15) is 22.8 Å². The molecule has 7 heteroatoms. The van der Waals surface area contributed by atoms with E-state index in [1.54, 1.807) is 0 Å². The zero-order valence-electron chi connectivity index (χ0n) is 16.0. The van der Waals surface area contributed by atoms with Gasteiger partial charge >= 0.3 is 0 Å². The molecule has 0 aliphatic heterocycles. The van der Waals surface area contributed by atoms with Gasteiger partial charge in [0.05, 0.1) is 12.0 Å². The predicted octanol–water partition coefficient (Wildman–Crippen LogP) is 4.63. The van der Waals surface area contributed by atoms with Crippen LogP contribution in [0.15, 0.2) is 66.7 Å². The Bertz CT molecular complexity index is 1050. The largest absolute Gasteiger partial charge is 0.497 e. The first-order chi connectivity index (χ1) is 14.0. The van der Waals surface area contributed by atoms with Crippen molar-refractivity contribution >= 4 is 11.6 Å². The molecule has 0 fully saturated rings. The summed E-state index contributed by atoms with van der Waals surface area (Å²) in [6.45, 7) is 2.09. The summed E-state index contributed by atoms with van der Waals surface area (Å²) in [6.07, 6.45) is 0. The number of methoxy groups -OCH3 is 1. The molecule has 0 aliphatic rings. The van der Waals surface area contributed by atoms with Gasteiger partial charge in [-0.1, -0.05) is 36.4 Å². The van der Waals surface area contributed by atoms with Crippen molar-refractivity contribution in [3.05, 3.63) is 93.5 Å². The summed E-state index contributed by atoms with van der Waals surface area (Å²) >= 11 is 0. The molecule has 0 heterocycles. The molecule has 0 bridgehead atoms. The second kappa shape index (κ2) is 8.88. The minimum absolute atomic E-state index is 0.0633. The van der Waals surface area contributed by atoms with Gasteiger partial charge in [-0.2, -0.15) is 0 Å². The molecule has 1 amide bonds. The number of nitrogens with one attached hydrogen (secondary N) is 1. The van der Waals surface area contributed by atoms with Crippen molar-refractivity contribution < 1.29 is 19.2 Å². The lowest BCUT2D eigenvalue weighted by atomic mass is 10.1. The van der Waals surface area contributed by atoms with Crippen LogP contribution in [-0.4, -0.2) is 17.9 Å². The van der Waals surface area contributed by atoms with Crippen LogP contribution < -0.4 is 14.8 Å². The standard InChI is InChI=1S/C22H20N2O5/c1-15-7-3-5-9-20(15)29-21-10-6-4-8-16(21)14-23-22(25)18-13-17(28-2)11-12-19(18)24(26)27/h3-13H,14H2,1-2H3,(H,23,25). The maximum Gasteiger partial charge on any atom is 0.282 e. The Morgan fingerprint density at radius 1 is 1.03 bits per heavy atom. The smallest absolute Gasteiger partial charge is 0.282 e. The molecule has 0 radical (unpaired) electrons. The molecule has 0 saturated carbocycles. The molecule has 1 N–H and O–H groups in total. The van der Waals surface area contributed by atoms with Gasteiger partial charge in [0.25, 0.3) is 11.6 Å². The van der Waals surface area contributed by atoms with E-state index >= 15 is 0 Å². The maximum absolute atomic E-state index is 12.6. The van der Waals surface area contributed by atoms with E-state index in [-0.39, 0.29) is 17.8 Å². The zero-order chi connectivity index (χ0) is 20.8. The Morgan fingerprint density at radius 3 is 2.41 bits per heavy atom. The Balaban J connectivity index is 1.80. The van der Waals surface area contributed by atoms with Crippen LogP contribution in [-0.2, 0) is 6.54 Å². The van der Waals surface area contributed by atoms with E-state index in [1.807, 2.05) is 55.5 Å². The Labute approximate surface area is 168 Å². The molecule has 3 rings (SSSR count). The lowest BCUT2D eigenvalue weighted by molar-refractivity contribution is -0.385. The molecule has 7 nitrogen and oxygen atoms in total. The molecule has 0 atom stereocenters. The Hall–Kier alpha value is -3.87. The van der Waals surface area contributed by atoms with E-state index in [0.717, 1.165) is 16.9 Å². The number of ether oxygens (including phenoxy) is 2. The van der Waals surface area contributed by atoms with Crippen LogP contribution in [0.2, 0.25) is 0 Å². The third-order valence-electron chi connectivity index (χ3n) is 4.37. The highest BCUT2D eigenvalue weighted by atomic mass is 16.6. The molecule has 0 spiro atoms. The van der Waals surface area contributed by atoms with E-state index in [4.69, 9.17) is 9.47 Å². The topological polar surface area (TPSA) is 90.7 Å². The highest BCUT2D eigenvalue weighted by Crippen LogP contribution is 2.28. The molecule has 0 aromatic heterocycles. The van der Waals surface area contributed by atoms with Gasteiger partial charge in [0.15, 0.2) is 0 Å². The average Bonchev–Trinajstić information content (AvgIpc) is 2.74. The first-order valence-corrected chi connectivity index (χ1v) is 8.91. The van der Waals surface area contributed by atoms with E-state index in [9.17, 15) is 14.9 Å². The fourth-order valence-corrected chi connectivity index (χ4v) is 2.79. The molecule has 0 saturated heterocycles. The van der Waals surface area contributed by atoms with Crippen LogP contribution in [0.1, 0.15) is 21.5 Å². The lowest BCUT2D eigenvalue weighted by Crippen LogP contribution is -2.24. The summed E-state index contributed by atoms with van der Waals surface area (Å²) in [6, 6.07) is 19.0. The quantitative estimate of drug-likeness (QED) is 0.467. The number of amides is 1. The zero-order valence-corrected chi connectivity index (χ0v) is 16.0. The number of para-hydroxylation sites is 2. The SMILES string of the molecule is COc1ccc([N+](=O)[O-])c(C(=O)NCc2ccccc2Oc2ccccc2C)c1. The van der Waals surface area contributed by atoms with Crippen molar-refractivity contribution in [3.63, 3.8) is 0 Å². The van der Waals surface area contributed by atoms with Crippen molar-refractivity contribution in [1.29, 1.82) is 0 Å². The number of hydrogen-bond donors (Lipinski definition) is 1. The number of nitro groups is 1. The Kier molecular flexibility index (Phi) is 6.09. The maximum atomic E-state index is 12.6. The van der Waals surface area contributed by atoms with Gasteiger partial charge in [0, 0.05) is 18.2 Å². The summed E-state index contributed by atoms with van der Waals surface area (Å²) in [5.74, 6) is 1.11. The summed E-state index contributed by atoms with van der Waals surface area (Å²) in [7, 11) is 1.43. The molecule has 3 aromatic rings. The van der Waals surface area contributed by atoms with Gasteiger partial charge in [-0.15, -0.1) is 0 Å². The van der Waals surface area contributed by atoms with Gasteiger partial charge in [-0.3, -0.25) is 14.9 Å². The molecule has 3 aromatic carbocycles. The number of nitro benzene ring substituents is 1. The molecular weight excluding hydrogens is 372 g/mol. The summed E-state index contributed by atoms with van der Waals surface area (Å²) in [5, 5.41) is 14.0. The summed E-state index contributed by atoms with van der Waals surface area (Å²) in [4.78, 5) is 23.3. The van der Waals surface area contributed by atoms with Crippen LogP contribution in [0, 0.1) is 17.0 Å². The third-order valence-corrected chi connectivity index (χ3v) is 4.37. The number of carbonyl (C=O) groups is 1. The number of nitrogens with zero attached hydrogens (tertiary/aromatic N) is 1. The van der Waals surface area contributed by atoms with Crippen LogP contribution in [0.25, 0.3) is 0 Å². The lowest BCUT2D eigenvalue weighted by Gasteiger charge is -2.13. The van der Waals surface area contributed by atoms with E-state index in [1.165, 1.54) is 25.3 Å². The fraction of sp³-hybridized carbons (Fsp3) is 0.136. The molecular formula is C22H20N2O5. The minimum atomic E-state index is -0.594. The molecule has 148 valence electrons. The van der Waals surface area contributed by atoms with Crippen LogP contribution >= 0.6 is 0 Å². The monoisotopic (exact) mass is 392 g/mol. The van der Waals surface area contributed by atoms with Crippen molar-refractivity contribution in [1.82, 2.24) is 5.32 Å². The normalized spacial score (nSPS) is 10.3. The average molecular weight is 392 g/mol. The Morgan fingerprint density at radius 2 is 1.72 bits per heavy atom. The molecule has 0 unspecified atom stereocenters. The second-order valence-corrected chi connectivity index (χ2v) is 6.30.